The van der Waals surface area contributed by atoms with Gasteiger partial charge in [0, 0.05) is 72.9 Å². The summed E-state index contributed by atoms with van der Waals surface area (Å²) in [5.41, 5.74) is 12.7. The molecule has 3 aliphatic heterocycles. The van der Waals surface area contributed by atoms with Crippen molar-refractivity contribution < 1.29 is 19.2 Å². The summed E-state index contributed by atoms with van der Waals surface area (Å²) in [4.78, 5) is 63.2. The van der Waals surface area contributed by atoms with Crippen molar-refractivity contribution in [1.29, 1.82) is 0 Å². The SMILES string of the molecule is NC/C(=C\NC1CCN(c2cccc(C(=O)Nc3ccc4c(c3)CN(C3CCC(=O)NC3=O)C4=O)c2)CC1)c1cnc2ccccc2n1. The minimum atomic E-state index is -0.686. The lowest BCUT2D eigenvalue weighted by Crippen LogP contribution is -2.52. The van der Waals surface area contributed by atoms with Crippen LogP contribution in [0.15, 0.2) is 79.1 Å². The molecule has 3 aliphatic rings. The Morgan fingerprint density at radius 1 is 0.979 bits per heavy atom. The number of fused-ring (bicyclic) bond motifs is 2. The van der Waals surface area contributed by atoms with Gasteiger partial charge in [0.05, 0.1) is 22.9 Å². The fourth-order valence-electron chi connectivity index (χ4n) is 6.57. The molecule has 2 fully saturated rings. The molecule has 0 spiro atoms. The number of nitrogens with zero attached hydrogens (tertiary/aromatic N) is 4. The van der Waals surface area contributed by atoms with Crippen molar-refractivity contribution >= 4 is 51.6 Å². The van der Waals surface area contributed by atoms with Gasteiger partial charge in [-0.1, -0.05) is 18.2 Å². The Morgan fingerprint density at radius 3 is 2.58 bits per heavy atom. The van der Waals surface area contributed by atoms with E-state index in [4.69, 9.17) is 10.7 Å². The molecule has 3 aromatic carbocycles. The Bertz CT molecular complexity index is 1950. The first-order valence-electron chi connectivity index (χ1n) is 16.2. The quantitative estimate of drug-likeness (QED) is 0.211. The predicted molar refractivity (Wildman–Crippen MR) is 182 cm³/mol. The second kappa shape index (κ2) is 13.2. The molecule has 4 aromatic rings. The van der Waals surface area contributed by atoms with Crippen LogP contribution in [0.4, 0.5) is 11.4 Å². The number of imide groups is 1. The third-order valence-electron chi connectivity index (χ3n) is 9.24. The highest BCUT2D eigenvalue weighted by Crippen LogP contribution is 2.30. The van der Waals surface area contributed by atoms with Crippen molar-refractivity contribution in [2.24, 2.45) is 5.73 Å². The first-order valence-corrected chi connectivity index (χ1v) is 16.2. The summed E-state index contributed by atoms with van der Waals surface area (Å²) in [6, 6.07) is 20.1. The molecule has 7 rings (SSSR count). The molecule has 0 saturated carbocycles. The second-order valence-corrected chi connectivity index (χ2v) is 12.3. The van der Waals surface area contributed by atoms with Crippen LogP contribution >= 0.6 is 0 Å². The number of nitrogens with two attached hydrogens (primary N) is 1. The van der Waals surface area contributed by atoms with Gasteiger partial charge in [-0.3, -0.25) is 29.5 Å². The number of amides is 4. The van der Waals surface area contributed by atoms with Crippen LogP contribution in [0.3, 0.4) is 0 Å². The number of piperidine rings is 2. The molecule has 244 valence electrons. The predicted octanol–water partition coefficient (Wildman–Crippen LogP) is 3.20. The molecule has 12 heteroatoms. The number of benzene rings is 3. The molecule has 5 N–H and O–H groups in total. The third kappa shape index (κ3) is 6.34. The van der Waals surface area contributed by atoms with Gasteiger partial charge in [-0.05, 0) is 73.4 Å². The number of hydrogen-bond acceptors (Lipinski definition) is 9. The van der Waals surface area contributed by atoms with Crippen molar-refractivity contribution in [3.8, 4) is 0 Å². The van der Waals surface area contributed by atoms with Crippen LogP contribution in [0, 0.1) is 0 Å². The first-order chi connectivity index (χ1) is 23.4. The van der Waals surface area contributed by atoms with E-state index in [1.807, 2.05) is 48.7 Å². The van der Waals surface area contributed by atoms with E-state index < -0.39 is 11.9 Å². The van der Waals surface area contributed by atoms with Crippen LogP contribution in [0.5, 0.6) is 0 Å². The highest BCUT2D eigenvalue weighted by Gasteiger charge is 2.39. The number of aromatic nitrogens is 2. The van der Waals surface area contributed by atoms with Crippen molar-refractivity contribution in [2.45, 2.75) is 44.3 Å². The summed E-state index contributed by atoms with van der Waals surface area (Å²) >= 11 is 0. The summed E-state index contributed by atoms with van der Waals surface area (Å²) in [6.45, 7) is 2.24. The Balaban J connectivity index is 0.950. The lowest BCUT2D eigenvalue weighted by molar-refractivity contribution is -0.136. The number of hydrogen-bond donors (Lipinski definition) is 4. The van der Waals surface area contributed by atoms with Crippen molar-refractivity contribution in [3.05, 3.63) is 102 Å². The minimum absolute atomic E-state index is 0.196. The first kappa shape index (κ1) is 31.0. The molecular weight excluding hydrogens is 608 g/mol. The topological polar surface area (TPSA) is 163 Å². The zero-order valence-corrected chi connectivity index (χ0v) is 26.3. The Hall–Kier alpha value is -5.62. The largest absolute Gasteiger partial charge is 0.388 e. The van der Waals surface area contributed by atoms with E-state index in [-0.39, 0.29) is 36.7 Å². The fourth-order valence-corrected chi connectivity index (χ4v) is 6.57. The lowest BCUT2D eigenvalue weighted by atomic mass is 10.0. The Labute approximate surface area is 277 Å². The normalized spacial score (nSPS) is 18.6. The maximum absolute atomic E-state index is 13.3. The van der Waals surface area contributed by atoms with E-state index >= 15 is 0 Å². The molecule has 0 radical (unpaired) electrons. The molecule has 0 aliphatic carbocycles. The number of carbonyl (C=O) groups is 4. The van der Waals surface area contributed by atoms with E-state index in [1.54, 1.807) is 30.5 Å². The monoisotopic (exact) mass is 644 g/mol. The summed E-state index contributed by atoms with van der Waals surface area (Å²) < 4.78 is 0. The fraction of sp³-hybridized carbons (Fsp3) is 0.278. The summed E-state index contributed by atoms with van der Waals surface area (Å²) in [5.74, 6) is -1.28. The number of rotatable bonds is 8. The van der Waals surface area contributed by atoms with Crippen LogP contribution in [0.25, 0.3) is 16.6 Å². The highest BCUT2D eigenvalue weighted by atomic mass is 16.2. The van der Waals surface area contributed by atoms with Crippen LogP contribution in [-0.2, 0) is 16.1 Å². The number of para-hydroxylation sites is 2. The zero-order chi connectivity index (χ0) is 33.2. The van der Waals surface area contributed by atoms with Gasteiger partial charge < -0.3 is 26.2 Å². The van der Waals surface area contributed by atoms with Gasteiger partial charge in [-0.25, -0.2) is 4.98 Å². The minimum Gasteiger partial charge on any atom is -0.388 e. The summed E-state index contributed by atoms with van der Waals surface area (Å²) in [6.07, 6.45) is 6.05. The van der Waals surface area contributed by atoms with E-state index in [1.165, 1.54) is 4.90 Å². The molecule has 4 amide bonds. The number of carbonyl (C=O) groups excluding carboxylic acids is 4. The number of anilines is 2. The molecule has 1 unspecified atom stereocenters. The van der Waals surface area contributed by atoms with E-state index in [0.29, 0.717) is 29.8 Å². The maximum atomic E-state index is 13.3. The molecule has 2 saturated heterocycles. The molecule has 12 nitrogen and oxygen atoms in total. The van der Waals surface area contributed by atoms with Gasteiger partial charge in [0.25, 0.3) is 11.8 Å². The van der Waals surface area contributed by atoms with Gasteiger partial charge in [-0.2, -0.15) is 0 Å². The van der Waals surface area contributed by atoms with Crippen LogP contribution in [0.1, 0.15) is 57.7 Å². The van der Waals surface area contributed by atoms with Crippen molar-refractivity contribution in [3.63, 3.8) is 0 Å². The van der Waals surface area contributed by atoms with Gasteiger partial charge in [0.1, 0.15) is 6.04 Å². The van der Waals surface area contributed by atoms with E-state index in [9.17, 15) is 19.2 Å². The van der Waals surface area contributed by atoms with Crippen LogP contribution in [-0.4, -0.2) is 70.2 Å². The highest BCUT2D eigenvalue weighted by molar-refractivity contribution is 6.07. The average Bonchev–Trinajstić information content (AvgIpc) is 3.43. The van der Waals surface area contributed by atoms with Crippen LogP contribution in [0.2, 0.25) is 0 Å². The molecule has 48 heavy (non-hydrogen) atoms. The standard InChI is InChI=1S/C36H36N8O4/c37-18-24(31-20-39-29-6-1-2-7-30(29)41-31)19-38-25-12-14-43(15-13-25)27-5-3-4-22(17-27)34(46)40-26-8-9-28-23(16-26)21-44(36(28)48)32-10-11-33(45)42-35(32)47/h1-9,16-17,19-20,25,32,38H,10-15,18,21,37H2,(H,40,46)(H,42,45,47)/b24-19+. The van der Waals surface area contributed by atoms with E-state index in [2.05, 4.69) is 25.8 Å². The van der Waals surface area contributed by atoms with Crippen molar-refractivity contribution in [2.75, 3.05) is 29.9 Å². The maximum Gasteiger partial charge on any atom is 0.255 e. The van der Waals surface area contributed by atoms with Crippen molar-refractivity contribution in [1.82, 2.24) is 25.5 Å². The molecule has 1 aromatic heterocycles. The average molecular weight is 645 g/mol. The van der Waals surface area contributed by atoms with Gasteiger partial charge in [0.15, 0.2) is 0 Å². The number of nitrogens with one attached hydrogen (secondary N) is 3. The summed E-state index contributed by atoms with van der Waals surface area (Å²) in [5, 5.41) is 8.81. The summed E-state index contributed by atoms with van der Waals surface area (Å²) in [7, 11) is 0. The molecule has 0 bridgehead atoms. The smallest absolute Gasteiger partial charge is 0.255 e. The molecule has 1 atom stereocenters. The molecular formula is C36H36N8O4. The van der Waals surface area contributed by atoms with Crippen LogP contribution < -0.4 is 26.6 Å². The second-order valence-electron chi connectivity index (χ2n) is 12.3. The third-order valence-corrected chi connectivity index (χ3v) is 9.24. The Kier molecular flexibility index (Phi) is 8.55. The van der Waals surface area contributed by atoms with Gasteiger partial charge >= 0.3 is 0 Å². The van der Waals surface area contributed by atoms with Gasteiger partial charge in [0.2, 0.25) is 11.8 Å². The van der Waals surface area contributed by atoms with Gasteiger partial charge in [-0.15, -0.1) is 0 Å². The lowest BCUT2D eigenvalue weighted by Gasteiger charge is -2.34. The van der Waals surface area contributed by atoms with E-state index in [0.717, 1.165) is 59.5 Å². The Morgan fingerprint density at radius 2 is 1.79 bits per heavy atom. The molecule has 4 heterocycles. The zero-order valence-electron chi connectivity index (χ0n) is 26.3.